The Labute approximate surface area is 224 Å². The molecule has 2 saturated heterocycles. The predicted octanol–water partition coefficient (Wildman–Crippen LogP) is 6.42. The summed E-state index contributed by atoms with van der Waals surface area (Å²) in [5.41, 5.74) is 2.14. The minimum absolute atomic E-state index is 0.00977. The molecule has 0 aromatic heterocycles. The molecule has 3 saturated carbocycles. The lowest BCUT2D eigenvalue weighted by atomic mass is 9.41. The van der Waals surface area contributed by atoms with E-state index in [0.29, 0.717) is 17.8 Å². The van der Waals surface area contributed by atoms with Crippen LogP contribution in [0.2, 0.25) is 0 Å². The minimum Gasteiger partial charge on any atom is -0.462 e. The van der Waals surface area contributed by atoms with Gasteiger partial charge in [-0.1, -0.05) is 46.3 Å². The summed E-state index contributed by atoms with van der Waals surface area (Å²) in [6.07, 6.45) is 11.0. The molecule has 1 unspecified atom stereocenters. The van der Waals surface area contributed by atoms with Gasteiger partial charge in [0.1, 0.15) is 12.2 Å². The van der Waals surface area contributed by atoms with Gasteiger partial charge in [0.25, 0.3) is 0 Å². The van der Waals surface area contributed by atoms with E-state index in [1.165, 1.54) is 25.7 Å². The van der Waals surface area contributed by atoms with Crippen LogP contribution >= 0.6 is 0 Å². The van der Waals surface area contributed by atoms with Crippen LogP contribution in [-0.4, -0.2) is 41.3 Å². The Morgan fingerprint density at radius 1 is 1.03 bits per heavy atom. The minimum atomic E-state index is -0.675. The van der Waals surface area contributed by atoms with Crippen LogP contribution in [0.1, 0.15) is 107 Å². The second-order valence-electron chi connectivity index (χ2n) is 15.5. The van der Waals surface area contributed by atoms with E-state index in [1.54, 1.807) is 12.5 Å². The number of carbonyl (C=O) groups excluding carboxylic acids is 1. The molecule has 2 aliphatic heterocycles. The van der Waals surface area contributed by atoms with Gasteiger partial charge >= 0.3 is 5.97 Å². The first kappa shape index (κ1) is 26.3. The Bertz CT molecular complexity index is 999. The van der Waals surface area contributed by atoms with Gasteiger partial charge in [0.15, 0.2) is 6.29 Å². The zero-order valence-electron chi connectivity index (χ0n) is 24.4. The molecule has 6 rings (SSSR count). The Kier molecular flexibility index (Phi) is 5.74. The van der Waals surface area contributed by atoms with E-state index >= 15 is 0 Å². The number of ether oxygens (including phenoxy) is 3. The Morgan fingerprint density at radius 3 is 2.38 bits per heavy atom. The average molecular weight is 515 g/mol. The molecule has 2 heterocycles. The van der Waals surface area contributed by atoms with E-state index in [1.807, 2.05) is 0 Å². The van der Waals surface area contributed by atoms with Crippen LogP contribution in [0.5, 0.6) is 0 Å². The third kappa shape index (κ3) is 3.55. The first-order chi connectivity index (χ1) is 17.1. The second-order valence-corrected chi connectivity index (χ2v) is 15.5. The van der Waals surface area contributed by atoms with Crippen molar-refractivity contribution < 1.29 is 24.1 Å². The lowest BCUT2D eigenvalue weighted by Gasteiger charge is -2.64. The summed E-state index contributed by atoms with van der Waals surface area (Å²) in [5.74, 6) is 1.63. The number of esters is 1. The first-order valence-corrected chi connectivity index (χ1v) is 15.0. The molecular formula is C32H50O5. The molecule has 4 aliphatic carbocycles. The van der Waals surface area contributed by atoms with Crippen LogP contribution in [0.3, 0.4) is 0 Å². The van der Waals surface area contributed by atoms with Crippen molar-refractivity contribution in [2.45, 2.75) is 137 Å². The first-order valence-electron chi connectivity index (χ1n) is 15.0. The fourth-order valence-electron chi connectivity index (χ4n) is 10.9. The second kappa shape index (κ2) is 8.07. The Morgan fingerprint density at radius 2 is 1.73 bits per heavy atom. The van der Waals surface area contributed by atoms with Gasteiger partial charge in [-0.25, -0.2) is 0 Å². The van der Waals surface area contributed by atoms with E-state index in [2.05, 4.69) is 54.5 Å². The molecule has 0 aromatic carbocycles. The highest BCUT2D eigenvalue weighted by molar-refractivity contribution is 5.66. The molecule has 5 nitrogen and oxygen atoms in total. The highest BCUT2D eigenvalue weighted by Crippen LogP contribution is 2.74. The van der Waals surface area contributed by atoms with Gasteiger partial charge in [-0.05, 0) is 99.2 Å². The van der Waals surface area contributed by atoms with Gasteiger partial charge in [-0.15, -0.1) is 0 Å². The van der Waals surface area contributed by atoms with Crippen molar-refractivity contribution in [2.24, 2.45) is 45.3 Å². The van der Waals surface area contributed by atoms with Crippen LogP contribution < -0.4 is 0 Å². The van der Waals surface area contributed by atoms with Gasteiger partial charge in [0, 0.05) is 18.3 Å². The van der Waals surface area contributed by atoms with Gasteiger partial charge in [0.05, 0.1) is 11.7 Å². The summed E-state index contributed by atoms with van der Waals surface area (Å²) in [4.78, 5) is 11.9. The quantitative estimate of drug-likeness (QED) is 0.267. The van der Waals surface area contributed by atoms with Gasteiger partial charge in [0.2, 0.25) is 0 Å². The maximum atomic E-state index is 11.9. The lowest BCUT2D eigenvalue weighted by Crippen LogP contribution is -2.58. The van der Waals surface area contributed by atoms with Crippen molar-refractivity contribution in [3.05, 3.63) is 11.6 Å². The molecule has 37 heavy (non-hydrogen) atoms. The average Bonchev–Trinajstić information content (AvgIpc) is 3.12. The maximum absolute atomic E-state index is 11.9. The zero-order chi connectivity index (χ0) is 26.8. The Hall–Kier alpha value is -0.910. The van der Waals surface area contributed by atoms with E-state index in [0.717, 1.165) is 25.7 Å². The normalized spacial score (nSPS) is 53.5. The van der Waals surface area contributed by atoms with E-state index < -0.39 is 6.29 Å². The van der Waals surface area contributed by atoms with Crippen molar-refractivity contribution in [2.75, 3.05) is 0 Å². The number of hydrogen-bond donors (Lipinski definition) is 1. The molecular weight excluding hydrogens is 464 g/mol. The van der Waals surface area contributed by atoms with Gasteiger partial charge in [-0.2, -0.15) is 0 Å². The molecule has 0 amide bonds. The van der Waals surface area contributed by atoms with E-state index in [4.69, 9.17) is 14.2 Å². The molecule has 0 bridgehead atoms. The third-order valence-corrected chi connectivity index (χ3v) is 13.2. The maximum Gasteiger partial charge on any atom is 0.302 e. The molecule has 6 aliphatic rings. The molecule has 5 fully saturated rings. The highest BCUT2D eigenvalue weighted by Gasteiger charge is 2.67. The molecule has 0 spiro atoms. The smallest absolute Gasteiger partial charge is 0.302 e. The van der Waals surface area contributed by atoms with Crippen molar-refractivity contribution in [1.29, 1.82) is 0 Å². The predicted molar refractivity (Wildman–Crippen MR) is 142 cm³/mol. The van der Waals surface area contributed by atoms with Crippen LogP contribution in [0, 0.1) is 45.3 Å². The number of hydrogen-bond acceptors (Lipinski definition) is 5. The summed E-state index contributed by atoms with van der Waals surface area (Å²) in [7, 11) is 0. The van der Waals surface area contributed by atoms with E-state index in [-0.39, 0.29) is 57.5 Å². The van der Waals surface area contributed by atoms with Crippen molar-refractivity contribution in [3.8, 4) is 0 Å². The number of fused-ring (bicyclic) bond motifs is 5. The largest absolute Gasteiger partial charge is 0.462 e. The third-order valence-electron chi connectivity index (χ3n) is 13.2. The standard InChI is InChI=1S/C32H50O5/c1-18(33)35-25-13-14-30(6)21-12-16-31(7)20(19-17-23(36-27(19)34)26-29(4,5)37-26)11-15-32(31,8)22(21)9-10-24(30)28(25,2)3/h9,19-21,23-27,34H,10-17H2,1-8H3/t19-,20+,21-,23+,24?,25+,26-,27+,30+,31-,32+/m0/s1. The molecule has 208 valence electrons. The molecule has 5 heteroatoms. The summed E-state index contributed by atoms with van der Waals surface area (Å²) < 4.78 is 17.9. The highest BCUT2D eigenvalue weighted by atomic mass is 16.7. The lowest BCUT2D eigenvalue weighted by molar-refractivity contribution is -0.175. The summed E-state index contributed by atoms with van der Waals surface area (Å²) in [6.45, 7) is 18.1. The number of rotatable bonds is 3. The SMILES string of the molecule is CC(=O)O[C@@H]1CC[C@@]2(C)C(CC=C3[C@@H]2CC[C@@]2(C)[C@@H]([C@@H]4C[C@H]([C@@H]5OC5(C)C)O[C@H]4O)CC[C@]32C)C1(C)C. The number of epoxide rings is 1. The molecule has 11 atom stereocenters. The van der Waals surface area contributed by atoms with Gasteiger partial charge < -0.3 is 19.3 Å². The van der Waals surface area contributed by atoms with E-state index in [9.17, 15) is 9.90 Å². The van der Waals surface area contributed by atoms with Gasteiger partial charge in [-0.3, -0.25) is 4.79 Å². The van der Waals surface area contributed by atoms with Crippen molar-refractivity contribution >= 4 is 5.97 Å². The van der Waals surface area contributed by atoms with Crippen molar-refractivity contribution in [3.63, 3.8) is 0 Å². The number of aliphatic hydroxyl groups is 1. The van der Waals surface area contributed by atoms with Crippen LogP contribution in [-0.2, 0) is 19.0 Å². The van der Waals surface area contributed by atoms with Crippen molar-refractivity contribution in [1.82, 2.24) is 0 Å². The van der Waals surface area contributed by atoms with Crippen LogP contribution in [0.15, 0.2) is 11.6 Å². The summed E-state index contributed by atoms with van der Waals surface area (Å²) >= 11 is 0. The zero-order valence-corrected chi connectivity index (χ0v) is 24.4. The monoisotopic (exact) mass is 514 g/mol. The number of aliphatic hydroxyl groups excluding tert-OH is 1. The topological polar surface area (TPSA) is 68.3 Å². The Balaban J connectivity index is 1.27. The van der Waals surface area contributed by atoms with Crippen LogP contribution in [0.25, 0.3) is 0 Å². The fourth-order valence-corrected chi connectivity index (χ4v) is 10.9. The number of carbonyl (C=O) groups is 1. The summed E-state index contributed by atoms with van der Waals surface area (Å²) in [6, 6.07) is 0. The fraction of sp³-hybridized carbons (Fsp3) is 0.906. The summed E-state index contributed by atoms with van der Waals surface area (Å²) in [5, 5.41) is 11.1. The molecule has 0 aromatic rings. The van der Waals surface area contributed by atoms with Crippen LogP contribution in [0.4, 0.5) is 0 Å². The molecule has 0 radical (unpaired) electrons. The number of allylic oxidation sites excluding steroid dienone is 2. The molecule has 1 N–H and O–H groups in total.